The molecular formula is C22H22FN5O. The number of nitrogens with zero attached hydrogens (tertiary/aromatic N) is 4. The smallest absolute Gasteiger partial charge is 0.229 e. The van der Waals surface area contributed by atoms with E-state index in [9.17, 15) is 9.18 Å². The number of aromatic nitrogens is 3. The zero-order valence-corrected chi connectivity index (χ0v) is 16.0. The van der Waals surface area contributed by atoms with Crippen molar-refractivity contribution < 1.29 is 9.18 Å². The fourth-order valence-corrected chi connectivity index (χ4v) is 3.82. The molecule has 1 aliphatic heterocycles. The van der Waals surface area contributed by atoms with Gasteiger partial charge in [0.25, 0.3) is 0 Å². The highest BCUT2D eigenvalue weighted by Crippen LogP contribution is 2.36. The van der Waals surface area contributed by atoms with Crippen molar-refractivity contribution in [1.82, 2.24) is 19.9 Å². The Labute approximate surface area is 168 Å². The number of likely N-dealkylation sites (tertiary alicyclic amines) is 1. The Morgan fingerprint density at radius 2 is 1.93 bits per heavy atom. The van der Waals surface area contributed by atoms with Gasteiger partial charge in [0.05, 0.1) is 18.2 Å². The van der Waals surface area contributed by atoms with Crippen molar-refractivity contribution in [2.75, 3.05) is 12.3 Å². The van der Waals surface area contributed by atoms with Gasteiger partial charge in [-0.1, -0.05) is 24.3 Å². The zero-order valence-electron chi connectivity index (χ0n) is 16.0. The number of benzene rings is 1. The quantitative estimate of drug-likeness (QED) is 0.735. The largest absolute Gasteiger partial charge is 0.368 e. The number of hydrogen-bond acceptors (Lipinski definition) is 5. The van der Waals surface area contributed by atoms with Gasteiger partial charge in [0.2, 0.25) is 11.9 Å². The van der Waals surface area contributed by atoms with Gasteiger partial charge in [-0.2, -0.15) is 0 Å². The van der Waals surface area contributed by atoms with E-state index in [4.69, 9.17) is 5.73 Å². The number of carbonyl (C=O) groups is 1. The Morgan fingerprint density at radius 1 is 1.10 bits per heavy atom. The maximum Gasteiger partial charge on any atom is 0.229 e. The predicted molar refractivity (Wildman–Crippen MR) is 108 cm³/mol. The van der Waals surface area contributed by atoms with E-state index in [0.717, 1.165) is 25.0 Å². The number of anilines is 1. The van der Waals surface area contributed by atoms with Gasteiger partial charge in [0.15, 0.2) is 0 Å². The lowest BCUT2D eigenvalue weighted by atomic mass is 9.93. The summed E-state index contributed by atoms with van der Waals surface area (Å²) in [6, 6.07) is 11.7. The van der Waals surface area contributed by atoms with Crippen LogP contribution in [0, 0.1) is 5.82 Å². The van der Waals surface area contributed by atoms with Gasteiger partial charge < -0.3 is 10.6 Å². The van der Waals surface area contributed by atoms with Gasteiger partial charge in [-0.05, 0) is 37.5 Å². The number of nitrogen functional groups attached to an aromatic ring is 1. The topological polar surface area (TPSA) is 85.0 Å². The van der Waals surface area contributed by atoms with Crippen molar-refractivity contribution in [2.45, 2.75) is 31.7 Å². The van der Waals surface area contributed by atoms with Gasteiger partial charge in [-0.15, -0.1) is 0 Å². The monoisotopic (exact) mass is 391 g/mol. The standard InChI is InChI=1S/C22H22FN5O/c23-18-9-2-1-8-16(18)17-14-26-22(24)27-21(17)19-10-4-6-12-28(19)20(29)13-15-7-3-5-11-25-15/h1-3,5,7-9,11,14,19H,4,6,10,12-13H2,(H2,24,26,27)/t19-/m1/s1. The maximum atomic E-state index is 14.5. The molecule has 0 spiro atoms. The lowest BCUT2D eigenvalue weighted by Gasteiger charge is -2.36. The predicted octanol–water partition coefficient (Wildman–Crippen LogP) is 3.56. The van der Waals surface area contributed by atoms with Crippen molar-refractivity contribution >= 4 is 11.9 Å². The van der Waals surface area contributed by atoms with Gasteiger partial charge in [-0.3, -0.25) is 9.78 Å². The van der Waals surface area contributed by atoms with E-state index in [-0.39, 0.29) is 30.1 Å². The first-order valence-electron chi connectivity index (χ1n) is 9.70. The highest BCUT2D eigenvalue weighted by molar-refractivity contribution is 5.79. The molecule has 1 aliphatic rings. The van der Waals surface area contributed by atoms with Gasteiger partial charge in [-0.25, -0.2) is 14.4 Å². The normalized spacial score (nSPS) is 16.6. The fourth-order valence-electron chi connectivity index (χ4n) is 3.82. The second-order valence-electron chi connectivity index (χ2n) is 7.10. The number of halogens is 1. The third kappa shape index (κ3) is 4.08. The van der Waals surface area contributed by atoms with E-state index in [0.29, 0.717) is 23.4 Å². The van der Waals surface area contributed by atoms with E-state index in [1.807, 2.05) is 23.1 Å². The average molecular weight is 391 g/mol. The highest BCUT2D eigenvalue weighted by atomic mass is 19.1. The summed E-state index contributed by atoms with van der Waals surface area (Å²) < 4.78 is 14.5. The third-order valence-corrected chi connectivity index (χ3v) is 5.20. The summed E-state index contributed by atoms with van der Waals surface area (Å²) in [7, 11) is 0. The van der Waals surface area contributed by atoms with Crippen molar-refractivity contribution in [3.05, 3.63) is 72.1 Å². The average Bonchev–Trinajstić information content (AvgIpc) is 2.75. The molecule has 0 saturated carbocycles. The van der Waals surface area contributed by atoms with E-state index in [1.165, 1.54) is 6.07 Å². The van der Waals surface area contributed by atoms with Crippen LogP contribution in [0.3, 0.4) is 0 Å². The molecule has 4 rings (SSSR count). The first kappa shape index (κ1) is 19.0. The maximum absolute atomic E-state index is 14.5. The number of nitrogens with two attached hydrogens (primary N) is 1. The van der Waals surface area contributed by atoms with Crippen LogP contribution >= 0.6 is 0 Å². The molecule has 0 aliphatic carbocycles. The second kappa shape index (κ2) is 8.34. The van der Waals surface area contributed by atoms with Gasteiger partial charge in [0.1, 0.15) is 5.82 Å². The Kier molecular flexibility index (Phi) is 5.46. The highest BCUT2D eigenvalue weighted by Gasteiger charge is 2.31. The number of hydrogen-bond donors (Lipinski definition) is 1. The Morgan fingerprint density at radius 3 is 2.72 bits per heavy atom. The number of rotatable bonds is 4. The van der Waals surface area contributed by atoms with Crippen LogP contribution in [0.15, 0.2) is 54.9 Å². The molecule has 6 nitrogen and oxygen atoms in total. The van der Waals surface area contributed by atoms with Crippen molar-refractivity contribution in [1.29, 1.82) is 0 Å². The second-order valence-corrected chi connectivity index (χ2v) is 7.10. The summed E-state index contributed by atoms with van der Waals surface area (Å²) in [5.41, 5.74) is 8.16. The van der Waals surface area contributed by atoms with E-state index in [1.54, 1.807) is 30.6 Å². The summed E-state index contributed by atoms with van der Waals surface area (Å²) in [5.74, 6) is -0.267. The van der Waals surface area contributed by atoms with Crippen LogP contribution in [0.1, 0.15) is 36.7 Å². The molecule has 3 aromatic rings. The summed E-state index contributed by atoms with van der Waals surface area (Å²) in [6.45, 7) is 0.622. The van der Waals surface area contributed by atoms with Crippen LogP contribution in [0.2, 0.25) is 0 Å². The van der Waals surface area contributed by atoms with Crippen LogP contribution in [0.5, 0.6) is 0 Å². The summed E-state index contributed by atoms with van der Waals surface area (Å²) in [5, 5.41) is 0. The minimum Gasteiger partial charge on any atom is -0.368 e. The van der Waals surface area contributed by atoms with Crippen LogP contribution in [-0.2, 0) is 11.2 Å². The van der Waals surface area contributed by atoms with Crippen molar-refractivity contribution in [3.63, 3.8) is 0 Å². The molecule has 0 unspecified atom stereocenters. The molecule has 3 heterocycles. The zero-order chi connectivity index (χ0) is 20.2. The van der Waals surface area contributed by atoms with Crippen molar-refractivity contribution in [2.24, 2.45) is 0 Å². The van der Waals surface area contributed by atoms with E-state index in [2.05, 4.69) is 15.0 Å². The molecule has 2 aromatic heterocycles. The SMILES string of the molecule is Nc1ncc(-c2ccccc2F)c([C@H]2CCCCN2C(=O)Cc2ccccn2)n1. The van der Waals surface area contributed by atoms with Crippen LogP contribution in [-0.4, -0.2) is 32.3 Å². The molecule has 1 fully saturated rings. The first-order chi connectivity index (χ1) is 14.1. The summed E-state index contributed by atoms with van der Waals surface area (Å²) in [6.07, 6.45) is 6.06. The lowest BCUT2D eigenvalue weighted by Crippen LogP contribution is -2.40. The Balaban J connectivity index is 1.71. The van der Waals surface area contributed by atoms with Gasteiger partial charge >= 0.3 is 0 Å². The Bertz CT molecular complexity index is 1010. The van der Waals surface area contributed by atoms with Gasteiger partial charge in [0, 0.05) is 35.8 Å². The lowest BCUT2D eigenvalue weighted by molar-refractivity contribution is -0.134. The van der Waals surface area contributed by atoms with Crippen LogP contribution < -0.4 is 5.73 Å². The first-order valence-corrected chi connectivity index (χ1v) is 9.70. The van der Waals surface area contributed by atoms with Crippen molar-refractivity contribution in [3.8, 4) is 11.1 Å². The van der Waals surface area contributed by atoms with E-state index < -0.39 is 0 Å². The number of pyridine rings is 1. The molecule has 1 aromatic carbocycles. The van der Waals surface area contributed by atoms with Crippen LogP contribution in [0.4, 0.5) is 10.3 Å². The number of piperidine rings is 1. The minimum absolute atomic E-state index is 0.0231. The molecule has 1 atom stereocenters. The molecule has 0 bridgehead atoms. The fraction of sp³-hybridized carbons (Fsp3) is 0.273. The van der Waals surface area contributed by atoms with Crippen LogP contribution in [0.25, 0.3) is 11.1 Å². The molecule has 0 radical (unpaired) electrons. The Hall–Kier alpha value is -3.35. The minimum atomic E-state index is -0.357. The molecule has 7 heteroatoms. The molecular weight excluding hydrogens is 369 g/mol. The summed E-state index contributed by atoms with van der Waals surface area (Å²) in [4.78, 5) is 27.7. The molecule has 1 saturated heterocycles. The molecule has 148 valence electrons. The summed E-state index contributed by atoms with van der Waals surface area (Å²) >= 11 is 0. The number of carbonyl (C=O) groups excluding carboxylic acids is 1. The van der Waals surface area contributed by atoms with E-state index >= 15 is 0 Å². The third-order valence-electron chi connectivity index (χ3n) is 5.20. The molecule has 2 N–H and O–H groups in total. The molecule has 1 amide bonds. The number of amides is 1. The molecule has 29 heavy (non-hydrogen) atoms.